The topological polar surface area (TPSA) is 71.1 Å². The Balaban J connectivity index is 1.54. The zero-order chi connectivity index (χ0) is 15.0. The number of aromatic amines is 1. The first-order valence-corrected chi connectivity index (χ1v) is 7.17. The van der Waals surface area contributed by atoms with Gasteiger partial charge in [-0.2, -0.15) is 0 Å². The number of nitrogens with zero attached hydrogens (tertiary/aromatic N) is 3. The maximum atomic E-state index is 11.9. The van der Waals surface area contributed by atoms with Gasteiger partial charge in [0, 0.05) is 31.6 Å². The van der Waals surface area contributed by atoms with Crippen LogP contribution in [-0.2, 0) is 11.2 Å². The van der Waals surface area contributed by atoms with E-state index in [-0.39, 0.29) is 6.09 Å². The van der Waals surface area contributed by atoms with E-state index in [9.17, 15) is 4.79 Å². The molecule has 2 aromatic rings. The van der Waals surface area contributed by atoms with Crippen molar-refractivity contribution in [3.8, 4) is 0 Å². The van der Waals surface area contributed by atoms with Gasteiger partial charge in [-0.3, -0.25) is 4.98 Å². The van der Waals surface area contributed by atoms with Gasteiger partial charge in [-0.15, -0.1) is 0 Å². The lowest BCUT2D eigenvalue weighted by atomic mass is 9.97. The van der Waals surface area contributed by atoms with Gasteiger partial charge >= 0.3 is 6.09 Å². The fraction of sp³-hybridized carbons (Fsp3) is 0.533. The fourth-order valence-electron chi connectivity index (χ4n) is 2.45. The number of imidazole rings is 1. The Labute approximate surface area is 123 Å². The van der Waals surface area contributed by atoms with E-state index in [0.29, 0.717) is 5.92 Å². The Kier molecular flexibility index (Phi) is 3.31. The van der Waals surface area contributed by atoms with Crippen LogP contribution in [0.5, 0.6) is 0 Å². The van der Waals surface area contributed by atoms with E-state index < -0.39 is 5.60 Å². The van der Waals surface area contributed by atoms with E-state index in [4.69, 9.17) is 4.74 Å². The molecule has 1 aliphatic rings. The van der Waals surface area contributed by atoms with Crippen molar-refractivity contribution < 1.29 is 9.53 Å². The number of hydrogen-bond donors (Lipinski definition) is 1. The molecule has 0 atom stereocenters. The number of aromatic nitrogens is 3. The monoisotopic (exact) mass is 288 g/mol. The van der Waals surface area contributed by atoms with Gasteiger partial charge in [0.1, 0.15) is 11.4 Å². The minimum Gasteiger partial charge on any atom is -0.444 e. The fourth-order valence-corrected chi connectivity index (χ4v) is 2.45. The third-order valence-electron chi connectivity index (χ3n) is 3.42. The van der Waals surface area contributed by atoms with Crippen molar-refractivity contribution in [3.63, 3.8) is 0 Å². The van der Waals surface area contributed by atoms with Crippen molar-refractivity contribution in [1.82, 2.24) is 19.9 Å². The number of amides is 1. The largest absolute Gasteiger partial charge is 0.444 e. The van der Waals surface area contributed by atoms with Crippen LogP contribution in [-0.4, -0.2) is 44.6 Å². The number of carbonyl (C=O) groups is 1. The highest BCUT2D eigenvalue weighted by Gasteiger charge is 2.34. The Morgan fingerprint density at radius 3 is 2.90 bits per heavy atom. The first-order chi connectivity index (χ1) is 9.90. The summed E-state index contributed by atoms with van der Waals surface area (Å²) in [6.45, 7) is 7.09. The molecule has 0 saturated carbocycles. The quantitative estimate of drug-likeness (QED) is 0.921. The van der Waals surface area contributed by atoms with Gasteiger partial charge in [0.2, 0.25) is 0 Å². The lowest BCUT2D eigenvalue weighted by Crippen LogP contribution is -2.52. The summed E-state index contributed by atoms with van der Waals surface area (Å²) in [6, 6.07) is 1.89. The van der Waals surface area contributed by atoms with E-state index in [0.717, 1.165) is 36.4 Å². The molecule has 3 rings (SSSR count). The zero-order valence-electron chi connectivity index (χ0n) is 12.6. The van der Waals surface area contributed by atoms with Crippen molar-refractivity contribution in [2.75, 3.05) is 13.1 Å². The van der Waals surface area contributed by atoms with Crippen LogP contribution in [0, 0.1) is 5.92 Å². The Bertz CT molecular complexity index is 620. The summed E-state index contributed by atoms with van der Waals surface area (Å²) >= 11 is 0. The van der Waals surface area contributed by atoms with E-state index in [1.54, 1.807) is 17.3 Å². The molecular formula is C15H20N4O2. The lowest BCUT2D eigenvalue weighted by Gasteiger charge is -2.39. The second kappa shape index (κ2) is 5.02. The number of rotatable bonds is 2. The zero-order valence-corrected chi connectivity index (χ0v) is 12.6. The molecular weight excluding hydrogens is 268 g/mol. The molecule has 1 fully saturated rings. The molecule has 6 heteroatoms. The predicted octanol–water partition coefficient (Wildman–Crippen LogP) is 2.37. The number of likely N-dealkylation sites (tertiary alicyclic amines) is 1. The minimum atomic E-state index is -0.437. The van der Waals surface area contributed by atoms with Gasteiger partial charge in [-0.25, -0.2) is 9.78 Å². The molecule has 0 aliphatic carbocycles. The normalized spacial score (nSPS) is 16.0. The Hall–Kier alpha value is -2.11. The Morgan fingerprint density at radius 1 is 1.48 bits per heavy atom. The first kappa shape index (κ1) is 13.9. The average molecular weight is 288 g/mol. The maximum Gasteiger partial charge on any atom is 0.410 e. The number of carbonyl (C=O) groups excluding carboxylic acids is 1. The number of pyridine rings is 1. The molecule has 0 bridgehead atoms. The third-order valence-corrected chi connectivity index (χ3v) is 3.42. The SMILES string of the molecule is CC(C)(C)OC(=O)N1CC(Cc2nc3ccncc3[nH]2)C1. The molecule has 6 nitrogen and oxygen atoms in total. The average Bonchev–Trinajstić information content (AvgIpc) is 2.73. The van der Waals surface area contributed by atoms with Crippen LogP contribution in [0.3, 0.4) is 0 Å². The van der Waals surface area contributed by atoms with E-state index >= 15 is 0 Å². The summed E-state index contributed by atoms with van der Waals surface area (Å²) in [4.78, 5) is 25.5. The van der Waals surface area contributed by atoms with Gasteiger partial charge in [0.25, 0.3) is 0 Å². The standard InChI is InChI=1S/C15H20N4O2/c1-15(2,3)21-14(20)19-8-10(9-19)6-13-17-11-4-5-16-7-12(11)18-13/h4-5,7,10H,6,8-9H2,1-3H3,(H,17,18). The molecule has 0 spiro atoms. The molecule has 2 aromatic heterocycles. The van der Waals surface area contributed by atoms with Crippen molar-refractivity contribution in [2.45, 2.75) is 32.8 Å². The highest BCUT2D eigenvalue weighted by molar-refractivity contribution is 5.73. The molecule has 0 radical (unpaired) electrons. The van der Waals surface area contributed by atoms with Crippen molar-refractivity contribution in [2.24, 2.45) is 5.92 Å². The van der Waals surface area contributed by atoms with Gasteiger partial charge in [-0.05, 0) is 26.8 Å². The Morgan fingerprint density at radius 2 is 2.24 bits per heavy atom. The number of H-pyrrole nitrogens is 1. The van der Waals surface area contributed by atoms with Crippen LogP contribution in [0.25, 0.3) is 11.0 Å². The summed E-state index contributed by atoms with van der Waals surface area (Å²) in [5, 5.41) is 0. The number of fused-ring (bicyclic) bond motifs is 1. The number of hydrogen-bond acceptors (Lipinski definition) is 4. The van der Waals surface area contributed by atoms with Crippen LogP contribution in [0.2, 0.25) is 0 Å². The third kappa shape index (κ3) is 3.15. The summed E-state index contributed by atoms with van der Waals surface area (Å²) in [5.74, 6) is 1.39. The lowest BCUT2D eigenvalue weighted by molar-refractivity contribution is -0.00111. The summed E-state index contributed by atoms with van der Waals surface area (Å²) in [5.41, 5.74) is 1.45. The highest BCUT2D eigenvalue weighted by Crippen LogP contribution is 2.22. The molecule has 1 N–H and O–H groups in total. The van der Waals surface area contributed by atoms with Crippen molar-refractivity contribution >= 4 is 17.1 Å². The molecule has 112 valence electrons. The van der Waals surface area contributed by atoms with Gasteiger partial charge < -0.3 is 14.6 Å². The summed E-state index contributed by atoms with van der Waals surface area (Å²) in [6.07, 6.45) is 4.13. The van der Waals surface area contributed by atoms with Crippen molar-refractivity contribution in [3.05, 3.63) is 24.3 Å². The molecule has 1 saturated heterocycles. The molecule has 1 amide bonds. The van der Waals surface area contributed by atoms with E-state index in [1.807, 2.05) is 26.8 Å². The second-order valence-corrected chi connectivity index (χ2v) is 6.53. The van der Waals surface area contributed by atoms with Crippen LogP contribution < -0.4 is 0 Å². The minimum absolute atomic E-state index is 0.229. The van der Waals surface area contributed by atoms with E-state index in [2.05, 4.69) is 15.0 Å². The molecule has 21 heavy (non-hydrogen) atoms. The van der Waals surface area contributed by atoms with Gasteiger partial charge in [0.15, 0.2) is 0 Å². The summed E-state index contributed by atoms with van der Waals surface area (Å²) in [7, 11) is 0. The van der Waals surface area contributed by atoms with Gasteiger partial charge in [-0.1, -0.05) is 0 Å². The molecule has 0 aromatic carbocycles. The molecule has 0 unspecified atom stereocenters. The number of nitrogens with one attached hydrogen (secondary N) is 1. The highest BCUT2D eigenvalue weighted by atomic mass is 16.6. The summed E-state index contributed by atoms with van der Waals surface area (Å²) < 4.78 is 5.34. The van der Waals surface area contributed by atoms with E-state index in [1.165, 1.54) is 0 Å². The van der Waals surface area contributed by atoms with Crippen LogP contribution in [0.1, 0.15) is 26.6 Å². The van der Waals surface area contributed by atoms with Crippen LogP contribution in [0.4, 0.5) is 4.79 Å². The van der Waals surface area contributed by atoms with Crippen LogP contribution in [0.15, 0.2) is 18.5 Å². The molecule has 3 heterocycles. The number of ether oxygens (including phenoxy) is 1. The predicted molar refractivity (Wildman–Crippen MR) is 78.9 cm³/mol. The maximum absolute atomic E-state index is 11.9. The van der Waals surface area contributed by atoms with Crippen molar-refractivity contribution in [1.29, 1.82) is 0 Å². The first-order valence-electron chi connectivity index (χ1n) is 7.17. The smallest absolute Gasteiger partial charge is 0.410 e. The second-order valence-electron chi connectivity index (χ2n) is 6.53. The van der Waals surface area contributed by atoms with Crippen LogP contribution >= 0.6 is 0 Å². The molecule has 1 aliphatic heterocycles. The van der Waals surface area contributed by atoms with Gasteiger partial charge in [0.05, 0.1) is 17.2 Å².